The molecule has 0 unspecified atom stereocenters. The Hall–Kier alpha value is -1.00. The van der Waals surface area contributed by atoms with Crippen molar-refractivity contribution in [1.29, 1.82) is 0 Å². The second-order valence-corrected chi connectivity index (χ2v) is 2.35. The first-order chi connectivity index (χ1) is 5.74. The second-order valence-electron chi connectivity index (χ2n) is 2.22. The van der Waals surface area contributed by atoms with Crippen molar-refractivity contribution >= 4 is 11.6 Å². The van der Waals surface area contributed by atoms with E-state index in [1.165, 1.54) is 5.56 Å². The molecule has 0 bridgehead atoms. The summed E-state index contributed by atoms with van der Waals surface area (Å²) in [5.74, 6) is 0. The van der Waals surface area contributed by atoms with Crippen LogP contribution in [0.25, 0.3) is 0 Å². The predicted octanol–water partition coefficient (Wildman–Crippen LogP) is 0.817. The molecule has 1 aromatic carbocycles. The monoisotopic (exact) mass is 186 g/mol. The van der Waals surface area contributed by atoms with Gasteiger partial charge in [0.1, 0.15) is 0 Å². The van der Waals surface area contributed by atoms with Crippen LogP contribution in [0.1, 0.15) is 11.1 Å². The molecule has 0 aliphatic rings. The lowest BCUT2D eigenvalue weighted by Gasteiger charge is -1.94. The summed E-state index contributed by atoms with van der Waals surface area (Å²) in [6.07, 6.45) is 0. The van der Waals surface area contributed by atoms with Crippen LogP contribution in [-0.2, 0) is 18.2 Å². The van der Waals surface area contributed by atoms with E-state index in [9.17, 15) is 0 Å². The second kappa shape index (κ2) is 6.69. The van der Waals surface area contributed by atoms with Crippen molar-refractivity contribution in [2.24, 2.45) is 0 Å². The van der Waals surface area contributed by atoms with Crippen LogP contribution in [0.5, 0.6) is 0 Å². The fraction of sp³-hybridized carbons (Fsp3) is 0.250. The fourth-order valence-electron chi connectivity index (χ4n) is 0.810. The van der Waals surface area contributed by atoms with Crippen molar-refractivity contribution in [1.82, 2.24) is 0 Å². The van der Waals surface area contributed by atoms with Gasteiger partial charge in [0.05, 0.1) is 6.61 Å². The molecule has 0 aromatic heterocycles. The highest BCUT2D eigenvalue weighted by Crippen LogP contribution is 2.02. The Balaban J connectivity index is 0.000000354. The minimum absolute atomic E-state index is 0.141. The summed E-state index contributed by atoms with van der Waals surface area (Å²) in [4.78, 5) is 0. The third kappa shape index (κ3) is 4.76. The zero-order valence-corrected chi connectivity index (χ0v) is 7.50. The lowest BCUT2D eigenvalue weighted by atomic mass is 10.1. The average molecular weight is 186 g/mol. The van der Waals surface area contributed by atoms with Gasteiger partial charge in [-0.1, -0.05) is 29.8 Å². The molecule has 1 rings (SSSR count). The van der Waals surface area contributed by atoms with Crippen molar-refractivity contribution < 1.29 is 13.5 Å². The number of aliphatic hydroxyl groups is 1. The first-order valence-corrected chi connectivity index (χ1v) is 3.99. The Bertz CT molecular complexity index is 267. The highest BCUT2D eigenvalue weighted by atomic mass is 32.1. The first-order valence-electron chi connectivity index (χ1n) is 3.32. The van der Waals surface area contributed by atoms with Crippen LogP contribution in [0.3, 0.4) is 0 Å². The van der Waals surface area contributed by atoms with Gasteiger partial charge >= 0.3 is 11.6 Å². The molecule has 0 aliphatic heterocycles. The summed E-state index contributed by atoms with van der Waals surface area (Å²) >= 11 is -0.750. The van der Waals surface area contributed by atoms with E-state index in [2.05, 4.69) is 0 Å². The van der Waals surface area contributed by atoms with Gasteiger partial charge < -0.3 is 5.11 Å². The molecular formula is C8H10O3S. The van der Waals surface area contributed by atoms with E-state index in [0.29, 0.717) is 0 Å². The molecule has 0 saturated heterocycles. The molecule has 0 heterocycles. The maximum Gasteiger partial charge on any atom is 0.335 e. The summed E-state index contributed by atoms with van der Waals surface area (Å²) in [6.45, 7) is 2.15. The van der Waals surface area contributed by atoms with Gasteiger partial charge in [0.15, 0.2) is 0 Å². The van der Waals surface area contributed by atoms with E-state index in [1.807, 2.05) is 31.2 Å². The van der Waals surface area contributed by atoms with Crippen LogP contribution in [0.4, 0.5) is 0 Å². The predicted molar refractivity (Wildman–Crippen MR) is 46.0 cm³/mol. The maximum absolute atomic E-state index is 8.66. The van der Waals surface area contributed by atoms with Crippen molar-refractivity contribution in [2.75, 3.05) is 0 Å². The summed E-state index contributed by atoms with van der Waals surface area (Å²) < 4.78 is 16.6. The lowest BCUT2D eigenvalue weighted by Crippen LogP contribution is -1.81. The molecule has 0 atom stereocenters. The van der Waals surface area contributed by atoms with Crippen molar-refractivity contribution in [3.8, 4) is 0 Å². The maximum atomic E-state index is 8.66. The molecule has 12 heavy (non-hydrogen) atoms. The number of rotatable bonds is 1. The number of aryl methyl sites for hydroxylation is 1. The molecule has 0 spiro atoms. The smallest absolute Gasteiger partial charge is 0.335 e. The minimum Gasteiger partial charge on any atom is -0.392 e. The van der Waals surface area contributed by atoms with Crippen LogP contribution in [0.2, 0.25) is 0 Å². The van der Waals surface area contributed by atoms with E-state index >= 15 is 0 Å². The fourth-order valence-corrected chi connectivity index (χ4v) is 0.810. The van der Waals surface area contributed by atoms with Crippen LogP contribution >= 0.6 is 0 Å². The van der Waals surface area contributed by atoms with Crippen molar-refractivity contribution in [3.05, 3.63) is 35.4 Å². The molecule has 0 saturated carbocycles. The Labute approximate surface area is 74.7 Å². The number of hydrogen-bond acceptors (Lipinski definition) is 3. The zero-order valence-electron chi connectivity index (χ0n) is 6.69. The van der Waals surface area contributed by atoms with Crippen molar-refractivity contribution in [3.63, 3.8) is 0 Å². The van der Waals surface area contributed by atoms with Gasteiger partial charge in [-0.05, 0) is 12.5 Å². The molecule has 0 amide bonds. The Kier molecular flexibility index (Phi) is 6.14. The molecule has 66 valence electrons. The molecule has 4 heteroatoms. The van der Waals surface area contributed by atoms with Gasteiger partial charge in [-0.25, -0.2) is 0 Å². The molecule has 3 nitrogen and oxygen atoms in total. The molecule has 0 aliphatic carbocycles. The summed E-state index contributed by atoms with van der Waals surface area (Å²) in [7, 11) is 0. The Morgan fingerprint density at radius 2 is 2.00 bits per heavy atom. The quantitative estimate of drug-likeness (QED) is 0.706. The normalized spacial score (nSPS) is 8.17. The molecular weight excluding hydrogens is 176 g/mol. The van der Waals surface area contributed by atoms with Crippen molar-refractivity contribution in [2.45, 2.75) is 13.5 Å². The van der Waals surface area contributed by atoms with Crippen LogP contribution in [0.15, 0.2) is 24.3 Å². The highest BCUT2D eigenvalue weighted by molar-refractivity contribution is 7.51. The third-order valence-corrected chi connectivity index (χ3v) is 1.27. The van der Waals surface area contributed by atoms with Gasteiger partial charge in [-0.15, -0.1) is 0 Å². The van der Waals surface area contributed by atoms with Gasteiger partial charge in [0, 0.05) is 0 Å². The van der Waals surface area contributed by atoms with E-state index in [0.717, 1.165) is 5.56 Å². The first kappa shape index (κ1) is 11.0. The molecule has 1 aromatic rings. The average Bonchev–Trinajstić information content (AvgIpc) is 2.06. The SMILES string of the molecule is Cc1cccc(CO)c1.O=S=O. The van der Waals surface area contributed by atoms with Crippen LogP contribution in [0, 0.1) is 6.92 Å². The van der Waals surface area contributed by atoms with Crippen LogP contribution < -0.4 is 0 Å². The largest absolute Gasteiger partial charge is 0.392 e. The number of benzene rings is 1. The van der Waals surface area contributed by atoms with Gasteiger partial charge in [-0.3, -0.25) is 0 Å². The Morgan fingerprint density at radius 3 is 2.33 bits per heavy atom. The summed E-state index contributed by atoms with van der Waals surface area (Å²) in [6, 6.07) is 7.84. The summed E-state index contributed by atoms with van der Waals surface area (Å²) in [5.41, 5.74) is 2.18. The topological polar surface area (TPSA) is 54.4 Å². The van der Waals surface area contributed by atoms with E-state index in [-0.39, 0.29) is 6.61 Å². The third-order valence-electron chi connectivity index (χ3n) is 1.27. The molecule has 0 fully saturated rings. The number of hydrogen-bond donors (Lipinski definition) is 1. The summed E-state index contributed by atoms with van der Waals surface area (Å²) in [5, 5.41) is 8.66. The van der Waals surface area contributed by atoms with E-state index in [1.54, 1.807) is 0 Å². The van der Waals surface area contributed by atoms with Crippen LogP contribution in [-0.4, -0.2) is 13.5 Å². The molecule has 0 radical (unpaired) electrons. The number of aliphatic hydroxyl groups excluding tert-OH is 1. The molecule has 1 N–H and O–H groups in total. The zero-order chi connectivity index (χ0) is 9.40. The highest BCUT2D eigenvalue weighted by Gasteiger charge is 1.86. The van der Waals surface area contributed by atoms with Gasteiger partial charge in [-0.2, -0.15) is 8.42 Å². The van der Waals surface area contributed by atoms with E-state index < -0.39 is 11.6 Å². The minimum atomic E-state index is -0.750. The van der Waals surface area contributed by atoms with E-state index in [4.69, 9.17) is 13.5 Å². The standard InChI is InChI=1S/C8H10O.O2S/c1-7-3-2-4-8(5-7)6-9;1-3-2/h2-5,9H,6H2,1H3;. The van der Waals surface area contributed by atoms with Gasteiger partial charge in [0.2, 0.25) is 0 Å². The Morgan fingerprint density at radius 1 is 1.42 bits per heavy atom. The lowest BCUT2D eigenvalue weighted by molar-refractivity contribution is 0.282. The van der Waals surface area contributed by atoms with Gasteiger partial charge in [0.25, 0.3) is 0 Å².